The van der Waals surface area contributed by atoms with Crippen molar-refractivity contribution in [3.05, 3.63) is 84.4 Å². The number of hydrogen-bond acceptors (Lipinski definition) is 1. The van der Waals surface area contributed by atoms with E-state index in [-0.39, 0.29) is 6.10 Å². The molecule has 0 atom stereocenters. The first kappa shape index (κ1) is 18.3. The normalized spacial score (nSPS) is 11.1. The quantitative estimate of drug-likeness (QED) is 0.595. The molecule has 0 spiro atoms. The van der Waals surface area contributed by atoms with Gasteiger partial charge >= 0.3 is 0 Å². The molecule has 2 aromatic heterocycles. The predicted molar refractivity (Wildman–Crippen MR) is 104 cm³/mol. The maximum absolute atomic E-state index is 5.61. The summed E-state index contributed by atoms with van der Waals surface area (Å²) in [6.45, 7) is 8.76. The zero-order valence-corrected chi connectivity index (χ0v) is 15.9. The highest BCUT2D eigenvalue weighted by atomic mass is 16.5. The Bertz CT molecular complexity index is 806. The van der Waals surface area contributed by atoms with Crippen LogP contribution in [0.5, 0.6) is 0 Å². The second-order valence-electron chi connectivity index (χ2n) is 6.99. The van der Waals surface area contributed by atoms with Crippen molar-refractivity contribution in [3.63, 3.8) is 0 Å². The lowest BCUT2D eigenvalue weighted by Crippen LogP contribution is -2.35. The van der Waals surface area contributed by atoms with Crippen LogP contribution in [0.25, 0.3) is 11.1 Å². The molecule has 1 aromatic carbocycles. The average Bonchev–Trinajstić information content (AvgIpc) is 2.65. The molecule has 3 heteroatoms. The molecule has 0 aliphatic rings. The minimum Gasteiger partial charge on any atom is -0.372 e. The molecule has 3 rings (SSSR count). The van der Waals surface area contributed by atoms with Crippen molar-refractivity contribution in [1.29, 1.82) is 0 Å². The van der Waals surface area contributed by atoms with Crippen molar-refractivity contribution < 1.29 is 13.9 Å². The molecule has 2 heterocycles. The van der Waals surface area contributed by atoms with Crippen molar-refractivity contribution in [2.24, 2.45) is 0 Å². The Morgan fingerprint density at radius 2 is 1.31 bits per heavy atom. The summed E-state index contributed by atoms with van der Waals surface area (Å²) in [4.78, 5) is 0. The summed E-state index contributed by atoms with van der Waals surface area (Å²) >= 11 is 0. The largest absolute Gasteiger partial charge is 0.372 e. The molecule has 3 nitrogen and oxygen atoms in total. The van der Waals surface area contributed by atoms with Gasteiger partial charge in [0.1, 0.15) is 6.61 Å². The SMILES string of the molecule is Cc1ccc(C[n+]2ccc(-c3cc[n+](CCOC(C)C)cc3)cc2)cc1. The Hall–Kier alpha value is -2.52. The van der Waals surface area contributed by atoms with Crippen molar-refractivity contribution in [2.45, 2.75) is 40.0 Å². The standard InChI is InChI=1S/C23H28N2O/c1-19(2)26-17-16-24-12-8-22(9-13-24)23-10-14-25(15-11-23)18-21-6-4-20(3)5-7-21/h4-15,19H,16-18H2,1-3H3/q+2. The third kappa shape index (κ3) is 5.24. The molecule has 0 radical (unpaired) electrons. The van der Waals surface area contributed by atoms with Crippen LogP contribution in [0, 0.1) is 6.92 Å². The maximum Gasteiger partial charge on any atom is 0.173 e. The van der Waals surface area contributed by atoms with Crippen molar-refractivity contribution >= 4 is 0 Å². The summed E-state index contributed by atoms with van der Waals surface area (Å²) in [7, 11) is 0. The third-order valence-electron chi connectivity index (χ3n) is 4.40. The molecular formula is C23H28N2O+2. The molecule has 26 heavy (non-hydrogen) atoms. The van der Waals surface area contributed by atoms with Gasteiger partial charge in [0.25, 0.3) is 0 Å². The summed E-state index contributed by atoms with van der Waals surface area (Å²) in [5.41, 5.74) is 5.08. The summed E-state index contributed by atoms with van der Waals surface area (Å²) in [5, 5.41) is 0. The molecule has 0 bridgehead atoms. The average molecular weight is 348 g/mol. The number of benzene rings is 1. The molecule has 0 aliphatic carbocycles. The van der Waals surface area contributed by atoms with Gasteiger partial charge in [-0.05, 0) is 31.9 Å². The Morgan fingerprint density at radius 3 is 1.85 bits per heavy atom. The van der Waals surface area contributed by atoms with Crippen LogP contribution in [-0.4, -0.2) is 12.7 Å². The van der Waals surface area contributed by atoms with Crippen molar-refractivity contribution in [2.75, 3.05) is 6.61 Å². The lowest BCUT2D eigenvalue weighted by Gasteiger charge is -2.05. The summed E-state index contributed by atoms with van der Waals surface area (Å²) < 4.78 is 9.97. The van der Waals surface area contributed by atoms with Crippen molar-refractivity contribution in [1.82, 2.24) is 0 Å². The number of rotatable bonds is 7. The van der Waals surface area contributed by atoms with Gasteiger partial charge in [0.15, 0.2) is 37.9 Å². The first-order chi connectivity index (χ1) is 12.6. The van der Waals surface area contributed by atoms with E-state index in [2.05, 4.69) is 103 Å². The fourth-order valence-corrected chi connectivity index (χ4v) is 2.85. The highest BCUT2D eigenvalue weighted by Gasteiger charge is 2.07. The Labute approximate surface area is 156 Å². The van der Waals surface area contributed by atoms with Gasteiger partial charge in [0.2, 0.25) is 0 Å². The van der Waals surface area contributed by atoms with Gasteiger partial charge < -0.3 is 4.74 Å². The highest BCUT2D eigenvalue weighted by molar-refractivity contribution is 5.60. The fraction of sp³-hybridized carbons (Fsp3) is 0.304. The van der Waals surface area contributed by atoms with E-state index < -0.39 is 0 Å². The zero-order chi connectivity index (χ0) is 18.4. The lowest BCUT2D eigenvalue weighted by molar-refractivity contribution is -0.698. The van der Waals surface area contributed by atoms with Crippen LogP contribution in [0.2, 0.25) is 0 Å². The Kier molecular flexibility index (Phi) is 6.13. The monoisotopic (exact) mass is 348 g/mol. The number of ether oxygens (including phenoxy) is 1. The number of hydrogen-bond donors (Lipinski definition) is 0. The topological polar surface area (TPSA) is 17.0 Å². The number of aromatic nitrogens is 2. The molecule has 0 N–H and O–H groups in total. The summed E-state index contributed by atoms with van der Waals surface area (Å²) in [6, 6.07) is 17.4. The Morgan fingerprint density at radius 1 is 0.769 bits per heavy atom. The fourth-order valence-electron chi connectivity index (χ4n) is 2.85. The van der Waals surface area contributed by atoms with E-state index in [1.54, 1.807) is 0 Å². The van der Waals surface area contributed by atoms with Gasteiger partial charge in [-0.2, -0.15) is 0 Å². The molecule has 0 aliphatic heterocycles. The van der Waals surface area contributed by atoms with Gasteiger partial charge in [-0.15, -0.1) is 0 Å². The van der Waals surface area contributed by atoms with Crippen LogP contribution >= 0.6 is 0 Å². The van der Waals surface area contributed by atoms with E-state index >= 15 is 0 Å². The first-order valence-corrected chi connectivity index (χ1v) is 9.26. The summed E-state index contributed by atoms with van der Waals surface area (Å²) in [5.74, 6) is 0. The smallest absolute Gasteiger partial charge is 0.173 e. The van der Waals surface area contributed by atoms with Crippen LogP contribution in [0.4, 0.5) is 0 Å². The predicted octanol–water partition coefficient (Wildman–Crippen LogP) is 3.71. The van der Waals surface area contributed by atoms with Gasteiger partial charge in [0, 0.05) is 29.8 Å². The maximum atomic E-state index is 5.61. The molecule has 0 saturated heterocycles. The van der Waals surface area contributed by atoms with E-state index in [4.69, 9.17) is 4.74 Å². The third-order valence-corrected chi connectivity index (χ3v) is 4.40. The van der Waals surface area contributed by atoms with Crippen LogP contribution in [0.3, 0.4) is 0 Å². The van der Waals surface area contributed by atoms with E-state index in [1.165, 1.54) is 22.3 Å². The lowest BCUT2D eigenvalue weighted by atomic mass is 10.1. The van der Waals surface area contributed by atoms with Crippen LogP contribution < -0.4 is 9.13 Å². The molecule has 0 amide bonds. The molecule has 134 valence electrons. The number of nitrogens with zero attached hydrogens (tertiary/aromatic N) is 2. The Balaban J connectivity index is 1.61. The van der Waals surface area contributed by atoms with E-state index in [0.717, 1.165) is 19.7 Å². The number of pyridine rings is 2. The van der Waals surface area contributed by atoms with Crippen LogP contribution in [-0.2, 0) is 17.8 Å². The second kappa shape index (κ2) is 8.72. The molecule has 0 fully saturated rings. The highest BCUT2D eigenvalue weighted by Crippen LogP contribution is 2.15. The van der Waals surface area contributed by atoms with Gasteiger partial charge in [-0.25, -0.2) is 9.13 Å². The minimum atomic E-state index is 0.283. The van der Waals surface area contributed by atoms with Crippen LogP contribution in [0.15, 0.2) is 73.3 Å². The molecule has 0 saturated carbocycles. The van der Waals surface area contributed by atoms with Gasteiger partial charge in [-0.1, -0.05) is 29.8 Å². The molecule has 3 aromatic rings. The first-order valence-electron chi connectivity index (χ1n) is 9.26. The van der Waals surface area contributed by atoms with E-state index in [0.29, 0.717) is 0 Å². The van der Waals surface area contributed by atoms with Crippen molar-refractivity contribution in [3.8, 4) is 11.1 Å². The molecular weight excluding hydrogens is 320 g/mol. The van der Waals surface area contributed by atoms with E-state index in [9.17, 15) is 0 Å². The second-order valence-corrected chi connectivity index (χ2v) is 6.99. The van der Waals surface area contributed by atoms with Gasteiger partial charge in [0.05, 0.1) is 6.10 Å². The van der Waals surface area contributed by atoms with Gasteiger partial charge in [-0.3, -0.25) is 0 Å². The van der Waals surface area contributed by atoms with Crippen LogP contribution in [0.1, 0.15) is 25.0 Å². The van der Waals surface area contributed by atoms with E-state index in [1.807, 2.05) is 0 Å². The number of aryl methyl sites for hydroxylation is 1. The minimum absolute atomic E-state index is 0.283. The zero-order valence-electron chi connectivity index (χ0n) is 15.9. The molecule has 0 unspecified atom stereocenters. The summed E-state index contributed by atoms with van der Waals surface area (Å²) in [6.07, 6.45) is 8.81.